The van der Waals surface area contributed by atoms with Gasteiger partial charge in [-0.15, -0.1) is 0 Å². The normalized spacial score (nSPS) is 19.5. The molecular weight excluding hydrogens is 426 g/mol. The van der Waals surface area contributed by atoms with Crippen molar-refractivity contribution in [1.82, 2.24) is 14.1 Å². The van der Waals surface area contributed by atoms with Crippen molar-refractivity contribution in [2.24, 2.45) is 0 Å². The number of rotatable bonds is 6. The molecule has 174 valence electrons. The summed E-state index contributed by atoms with van der Waals surface area (Å²) >= 11 is 0. The molecule has 1 saturated heterocycles. The molecule has 32 heavy (non-hydrogen) atoms. The van der Waals surface area contributed by atoms with Crippen molar-refractivity contribution >= 4 is 10.0 Å². The lowest BCUT2D eigenvalue weighted by Crippen LogP contribution is -2.43. The number of nitrogens with zero attached hydrogens (tertiary/aromatic N) is 3. The predicted molar refractivity (Wildman–Crippen MR) is 125 cm³/mol. The highest BCUT2D eigenvalue weighted by Gasteiger charge is 2.35. The van der Waals surface area contributed by atoms with E-state index in [9.17, 15) is 13.2 Å². The quantitative estimate of drug-likeness (QED) is 0.657. The molecule has 1 aliphatic heterocycles. The average Bonchev–Trinajstić information content (AvgIpc) is 2.84. The molecule has 0 spiro atoms. The lowest BCUT2D eigenvalue weighted by Gasteiger charge is -2.34. The topological polar surface area (TPSA) is 81.5 Å². The largest absolute Gasteiger partial charge is 0.495 e. The van der Waals surface area contributed by atoms with Crippen LogP contribution in [0.3, 0.4) is 0 Å². The number of methoxy groups -OCH3 is 1. The second kappa shape index (κ2) is 9.35. The molecule has 0 bridgehead atoms. The average molecular weight is 460 g/mol. The van der Waals surface area contributed by atoms with Crippen molar-refractivity contribution in [3.63, 3.8) is 0 Å². The Bertz CT molecular complexity index is 1160. The number of aromatic nitrogens is 2. The second-order valence-corrected chi connectivity index (χ2v) is 10.5. The highest BCUT2D eigenvalue weighted by atomic mass is 32.2. The molecule has 8 heteroatoms. The second-order valence-electron chi connectivity index (χ2n) is 8.67. The number of benzene rings is 1. The summed E-state index contributed by atoms with van der Waals surface area (Å²) in [7, 11) is -2.23. The summed E-state index contributed by atoms with van der Waals surface area (Å²) in [6.07, 6.45) is 7.12. The first-order valence-electron chi connectivity index (χ1n) is 11.8. The first-order valence-corrected chi connectivity index (χ1v) is 13.2. The van der Waals surface area contributed by atoms with E-state index < -0.39 is 10.0 Å². The summed E-state index contributed by atoms with van der Waals surface area (Å²) in [5, 5.41) is 4.65. The van der Waals surface area contributed by atoms with Crippen LogP contribution >= 0.6 is 0 Å². The lowest BCUT2D eigenvalue weighted by molar-refractivity contribution is 0.246. The van der Waals surface area contributed by atoms with Crippen molar-refractivity contribution in [1.29, 1.82) is 0 Å². The van der Waals surface area contributed by atoms with Crippen LogP contribution in [0.15, 0.2) is 27.9 Å². The standard InChI is InChI=1S/C24H33N3O4S/c1-4-18-10-8-9-15-27(18)32(29,30)22-16-17(13-14-21(22)31-3)23-19-11-6-7-12-20(19)24(28)26(5-2)25-23/h13-14,16,18H,4-12,15H2,1-3H3/t18-/m0/s1. The minimum Gasteiger partial charge on any atom is -0.495 e. The Kier molecular flexibility index (Phi) is 6.72. The fourth-order valence-corrected chi connectivity index (χ4v) is 7.03. The van der Waals surface area contributed by atoms with Crippen molar-refractivity contribution in [2.45, 2.75) is 82.7 Å². The number of piperidine rings is 1. The Morgan fingerprint density at radius 1 is 1.09 bits per heavy atom. The van der Waals surface area contributed by atoms with Gasteiger partial charge < -0.3 is 4.74 Å². The molecule has 0 amide bonds. The zero-order chi connectivity index (χ0) is 22.9. The Balaban J connectivity index is 1.88. The molecule has 1 atom stereocenters. The molecule has 0 radical (unpaired) electrons. The molecule has 2 heterocycles. The zero-order valence-corrected chi connectivity index (χ0v) is 20.1. The van der Waals surface area contributed by atoms with Crippen LogP contribution in [0.4, 0.5) is 0 Å². The minimum absolute atomic E-state index is 0.00925. The van der Waals surface area contributed by atoms with Crippen molar-refractivity contribution in [3.05, 3.63) is 39.7 Å². The highest BCUT2D eigenvalue weighted by Crippen LogP contribution is 2.36. The van der Waals surface area contributed by atoms with E-state index in [0.29, 0.717) is 24.5 Å². The summed E-state index contributed by atoms with van der Waals surface area (Å²) in [4.78, 5) is 13.0. The van der Waals surface area contributed by atoms with Gasteiger partial charge in [-0.3, -0.25) is 4.79 Å². The van der Waals surface area contributed by atoms with E-state index >= 15 is 0 Å². The van der Waals surface area contributed by atoms with E-state index in [2.05, 4.69) is 5.10 Å². The van der Waals surface area contributed by atoms with Gasteiger partial charge in [0.2, 0.25) is 10.0 Å². The van der Waals surface area contributed by atoms with Crippen LogP contribution in [0.5, 0.6) is 5.75 Å². The van der Waals surface area contributed by atoms with Crippen LogP contribution in [-0.2, 0) is 29.4 Å². The number of ether oxygens (including phenoxy) is 1. The van der Waals surface area contributed by atoms with Crippen LogP contribution in [0.1, 0.15) is 63.5 Å². The molecule has 7 nitrogen and oxygen atoms in total. The van der Waals surface area contributed by atoms with Gasteiger partial charge in [0.15, 0.2) is 0 Å². The van der Waals surface area contributed by atoms with Crippen LogP contribution in [-0.4, -0.2) is 42.2 Å². The molecule has 2 aromatic rings. The molecule has 0 saturated carbocycles. The molecule has 0 N–H and O–H groups in total. The number of aryl methyl sites for hydroxylation is 1. The van der Waals surface area contributed by atoms with Gasteiger partial charge in [0, 0.05) is 30.3 Å². The highest BCUT2D eigenvalue weighted by molar-refractivity contribution is 7.89. The van der Waals surface area contributed by atoms with Gasteiger partial charge in [-0.2, -0.15) is 9.40 Å². The first kappa shape index (κ1) is 23.0. The first-order chi connectivity index (χ1) is 15.4. The third kappa shape index (κ3) is 3.99. The summed E-state index contributed by atoms with van der Waals surface area (Å²) in [5.74, 6) is 0.340. The lowest BCUT2D eigenvalue weighted by atomic mass is 9.90. The van der Waals surface area contributed by atoms with Gasteiger partial charge in [0.05, 0.1) is 12.8 Å². The van der Waals surface area contributed by atoms with Gasteiger partial charge in [0.25, 0.3) is 5.56 Å². The van der Waals surface area contributed by atoms with E-state index in [-0.39, 0.29) is 16.5 Å². The fraction of sp³-hybridized carbons (Fsp3) is 0.583. The molecule has 0 unspecified atom stereocenters. The van der Waals surface area contributed by atoms with Gasteiger partial charge in [0.1, 0.15) is 10.6 Å². The van der Waals surface area contributed by atoms with Crippen LogP contribution < -0.4 is 10.3 Å². The minimum atomic E-state index is -3.73. The summed E-state index contributed by atoms with van der Waals surface area (Å²) in [5.41, 5.74) is 3.20. The Morgan fingerprint density at radius 2 is 1.84 bits per heavy atom. The molecule has 1 aromatic heterocycles. The van der Waals surface area contributed by atoms with Gasteiger partial charge in [-0.25, -0.2) is 13.1 Å². The summed E-state index contributed by atoms with van der Waals surface area (Å²) in [6, 6.07) is 5.27. The van der Waals surface area contributed by atoms with Crippen molar-refractivity contribution in [3.8, 4) is 17.0 Å². The van der Waals surface area contributed by atoms with Crippen LogP contribution in [0.2, 0.25) is 0 Å². The third-order valence-corrected chi connectivity index (χ3v) is 8.81. The van der Waals surface area contributed by atoms with E-state index in [4.69, 9.17) is 4.74 Å². The number of hydrogen-bond acceptors (Lipinski definition) is 5. The SMILES string of the molecule is CC[C@H]1CCCCN1S(=O)(=O)c1cc(-c2nn(CC)c(=O)c3c2CCCC3)ccc1OC. The maximum atomic E-state index is 13.8. The summed E-state index contributed by atoms with van der Waals surface area (Å²) < 4.78 is 36.1. The molecule has 1 aliphatic carbocycles. The van der Waals surface area contributed by atoms with E-state index in [0.717, 1.165) is 68.1 Å². The van der Waals surface area contributed by atoms with Gasteiger partial charge in [-0.05, 0) is 75.6 Å². The van der Waals surface area contributed by atoms with Crippen molar-refractivity contribution < 1.29 is 13.2 Å². The predicted octanol–water partition coefficient (Wildman–Crippen LogP) is 3.77. The number of hydrogen-bond donors (Lipinski definition) is 0. The smallest absolute Gasteiger partial charge is 0.270 e. The Labute approximate surface area is 190 Å². The molecule has 1 fully saturated rings. The fourth-order valence-electron chi connectivity index (χ4n) is 5.08. The zero-order valence-electron chi connectivity index (χ0n) is 19.3. The Hall–Kier alpha value is -2.19. The maximum Gasteiger partial charge on any atom is 0.270 e. The van der Waals surface area contributed by atoms with Crippen LogP contribution in [0, 0.1) is 0 Å². The summed E-state index contributed by atoms with van der Waals surface area (Å²) in [6.45, 7) is 4.95. The monoisotopic (exact) mass is 459 g/mol. The molecular formula is C24H33N3O4S. The third-order valence-electron chi connectivity index (χ3n) is 6.83. The van der Waals surface area contributed by atoms with E-state index in [1.807, 2.05) is 19.9 Å². The molecule has 1 aromatic carbocycles. The van der Waals surface area contributed by atoms with Gasteiger partial charge >= 0.3 is 0 Å². The number of sulfonamides is 1. The van der Waals surface area contributed by atoms with E-state index in [1.165, 1.54) is 11.8 Å². The van der Waals surface area contributed by atoms with E-state index in [1.54, 1.807) is 16.4 Å². The molecule has 2 aliphatic rings. The number of fused-ring (bicyclic) bond motifs is 1. The van der Waals surface area contributed by atoms with Crippen molar-refractivity contribution in [2.75, 3.05) is 13.7 Å². The van der Waals surface area contributed by atoms with Crippen LogP contribution in [0.25, 0.3) is 11.3 Å². The molecule has 4 rings (SSSR count). The van der Waals surface area contributed by atoms with Gasteiger partial charge in [-0.1, -0.05) is 13.3 Å². The maximum absolute atomic E-state index is 13.8. The Morgan fingerprint density at radius 3 is 2.53 bits per heavy atom.